The van der Waals surface area contributed by atoms with Crippen LogP contribution in [0.4, 0.5) is 0 Å². The van der Waals surface area contributed by atoms with Crippen molar-refractivity contribution in [2.75, 3.05) is 40.8 Å². The second kappa shape index (κ2) is 9.22. The highest BCUT2D eigenvalue weighted by Crippen LogP contribution is 2.23. The maximum Gasteiger partial charge on any atom is 0.275 e. The number of piperidine rings is 1. The molecule has 1 aliphatic heterocycles. The number of benzene rings is 1. The smallest absolute Gasteiger partial charge is 0.275 e. The number of nitrogens with zero attached hydrogens (tertiary/aromatic N) is 3. The summed E-state index contributed by atoms with van der Waals surface area (Å²) in [5, 5.41) is 0.0184. The Morgan fingerprint density at radius 3 is 2.36 bits per heavy atom. The average molecular weight is 406 g/mol. The van der Waals surface area contributed by atoms with Crippen LogP contribution in [-0.2, 0) is 23.1 Å². The third kappa shape index (κ3) is 5.44. The lowest BCUT2D eigenvalue weighted by Crippen LogP contribution is -2.37. The summed E-state index contributed by atoms with van der Waals surface area (Å²) < 4.78 is 31.0. The molecule has 28 heavy (non-hydrogen) atoms. The fourth-order valence-corrected chi connectivity index (χ4v) is 4.52. The van der Waals surface area contributed by atoms with E-state index in [1.807, 2.05) is 0 Å². The Hall–Kier alpha value is -1.67. The molecule has 6 nitrogen and oxygen atoms in total. The van der Waals surface area contributed by atoms with Crippen LogP contribution in [0.1, 0.15) is 24.2 Å². The molecule has 1 saturated heterocycles. The van der Waals surface area contributed by atoms with Gasteiger partial charge >= 0.3 is 0 Å². The number of rotatable bonds is 8. The highest BCUT2D eigenvalue weighted by molar-refractivity contribution is 7.88. The first-order valence-electron chi connectivity index (χ1n) is 9.80. The molecule has 2 heterocycles. The minimum absolute atomic E-state index is 0.0184. The van der Waals surface area contributed by atoms with Gasteiger partial charge in [0.2, 0.25) is 5.09 Å². The van der Waals surface area contributed by atoms with Crippen LogP contribution in [0.3, 0.4) is 0 Å². The zero-order valence-electron chi connectivity index (χ0n) is 17.0. The van der Waals surface area contributed by atoms with Crippen molar-refractivity contribution >= 4 is 10.0 Å². The predicted molar refractivity (Wildman–Crippen MR) is 110 cm³/mol. The van der Waals surface area contributed by atoms with Crippen LogP contribution in [-0.4, -0.2) is 63.3 Å². The fourth-order valence-electron chi connectivity index (χ4n) is 3.71. The lowest BCUT2D eigenvalue weighted by Gasteiger charge is -2.33. The van der Waals surface area contributed by atoms with Crippen LogP contribution in [0, 0.1) is 5.92 Å². The first-order chi connectivity index (χ1) is 13.3. The number of furan rings is 1. The van der Waals surface area contributed by atoms with Crippen LogP contribution in [0.15, 0.2) is 52.0 Å². The van der Waals surface area contributed by atoms with Gasteiger partial charge in [0.25, 0.3) is 10.0 Å². The SMILES string of the molecule is CN(Cc1ccccc1)CC1CCN(Cc2ccc(S(=O)(=O)N(C)C)o2)CC1. The van der Waals surface area contributed by atoms with Crippen molar-refractivity contribution < 1.29 is 12.8 Å². The zero-order chi connectivity index (χ0) is 20.1. The lowest BCUT2D eigenvalue weighted by molar-refractivity contribution is 0.138. The Labute approximate surface area is 168 Å². The molecule has 0 N–H and O–H groups in total. The molecule has 0 bridgehead atoms. The molecule has 0 amide bonds. The molecule has 0 unspecified atom stereocenters. The van der Waals surface area contributed by atoms with E-state index in [4.69, 9.17) is 4.42 Å². The van der Waals surface area contributed by atoms with E-state index in [-0.39, 0.29) is 5.09 Å². The number of hydrogen-bond acceptors (Lipinski definition) is 5. The van der Waals surface area contributed by atoms with Gasteiger partial charge in [-0.3, -0.25) is 4.90 Å². The van der Waals surface area contributed by atoms with E-state index in [9.17, 15) is 8.42 Å². The molecule has 1 aromatic carbocycles. The standard InChI is InChI=1S/C21H31N3O3S/c1-22(2)28(25,26)21-10-9-20(27-21)17-24-13-11-19(12-14-24)16-23(3)15-18-7-5-4-6-8-18/h4-10,19H,11-17H2,1-3H3. The Bertz CT molecular complexity index is 841. The van der Waals surface area contributed by atoms with Crippen molar-refractivity contribution in [3.63, 3.8) is 0 Å². The molecule has 1 fully saturated rings. The van der Waals surface area contributed by atoms with E-state index < -0.39 is 10.0 Å². The molecule has 7 heteroatoms. The Balaban J connectivity index is 1.45. The molecular formula is C21H31N3O3S. The summed E-state index contributed by atoms with van der Waals surface area (Å²) in [6.07, 6.45) is 2.31. The largest absolute Gasteiger partial charge is 0.447 e. The van der Waals surface area contributed by atoms with Crippen LogP contribution < -0.4 is 0 Å². The average Bonchev–Trinajstić information content (AvgIpc) is 3.13. The van der Waals surface area contributed by atoms with Gasteiger partial charge in [0.05, 0.1) is 6.54 Å². The van der Waals surface area contributed by atoms with Gasteiger partial charge < -0.3 is 9.32 Å². The molecule has 3 rings (SSSR count). The summed E-state index contributed by atoms with van der Waals surface area (Å²) in [4.78, 5) is 4.75. The summed E-state index contributed by atoms with van der Waals surface area (Å²) in [6.45, 7) is 4.78. The minimum Gasteiger partial charge on any atom is -0.447 e. The number of hydrogen-bond donors (Lipinski definition) is 0. The van der Waals surface area contributed by atoms with Crippen molar-refractivity contribution in [2.24, 2.45) is 5.92 Å². The van der Waals surface area contributed by atoms with Crippen molar-refractivity contribution in [3.05, 3.63) is 53.8 Å². The summed E-state index contributed by atoms with van der Waals surface area (Å²) in [6, 6.07) is 13.9. The van der Waals surface area contributed by atoms with E-state index in [2.05, 4.69) is 47.2 Å². The summed E-state index contributed by atoms with van der Waals surface area (Å²) in [7, 11) is 1.71. The van der Waals surface area contributed by atoms with Crippen molar-refractivity contribution in [2.45, 2.75) is 31.0 Å². The molecule has 0 saturated carbocycles. The minimum atomic E-state index is -3.50. The van der Waals surface area contributed by atoms with E-state index >= 15 is 0 Å². The third-order valence-electron chi connectivity index (χ3n) is 5.32. The van der Waals surface area contributed by atoms with Gasteiger partial charge in [0.1, 0.15) is 5.76 Å². The van der Waals surface area contributed by atoms with Gasteiger partial charge in [-0.1, -0.05) is 30.3 Å². The van der Waals surface area contributed by atoms with Gasteiger partial charge in [-0.2, -0.15) is 0 Å². The Morgan fingerprint density at radius 2 is 1.71 bits per heavy atom. The molecule has 0 atom stereocenters. The quantitative estimate of drug-likeness (QED) is 0.676. The Kier molecular flexibility index (Phi) is 6.93. The molecule has 1 aromatic heterocycles. The van der Waals surface area contributed by atoms with E-state index in [0.29, 0.717) is 18.2 Å². The summed E-state index contributed by atoms with van der Waals surface area (Å²) in [5.41, 5.74) is 1.35. The van der Waals surface area contributed by atoms with Gasteiger partial charge in [-0.15, -0.1) is 0 Å². The van der Waals surface area contributed by atoms with Crippen molar-refractivity contribution in [3.8, 4) is 0 Å². The topological polar surface area (TPSA) is 57.0 Å². The second-order valence-electron chi connectivity index (χ2n) is 7.91. The lowest BCUT2D eigenvalue weighted by atomic mass is 9.96. The van der Waals surface area contributed by atoms with Crippen LogP contribution in [0.5, 0.6) is 0 Å². The monoisotopic (exact) mass is 405 g/mol. The van der Waals surface area contributed by atoms with Crippen molar-refractivity contribution in [1.29, 1.82) is 0 Å². The highest BCUT2D eigenvalue weighted by atomic mass is 32.2. The maximum absolute atomic E-state index is 12.1. The fraction of sp³-hybridized carbons (Fsp3) is 0.524. The van der Waals surface area contributed by atoms with Crippen LogP contribution >= 0.6 is 0 Å². The van der Waals surface area contributed by atoms with Gasteiger partial charge in [0.15, 0.2) is 0 Å². The third-order valence-corrected chi connectivity index (χ3v) is 7.01. The molecule has 0 radical (unpaired) electrons. The van der Waals surface area contributed by atoms with E-state index in [0.717, 1.165) is 39.0 Å². The number of sulfonamides is 1. The highest BCUT2D eigenvalue weighted by Gasteiger charge is 2.24. The summed E-state index contributed by atoms with van der Waals surface area (Å²) >= 11 is 0. The maximum atomic E-state index is 12.1. The molecule has 154 valence electrons. The number of likely N-dealkylation sites (tertiary alicyclic amines) is 1. The van der Waals surface area contributed by atoms with E-state index in [1.165, 1.54) is 24.0 Å². The Morgan fingerprint density at radius 1 is 1.04 bits per heavy atom. The molecule has 2 aromatic rings. The predicted octanol–water partition coefficient (Wildman–Crippen LogP) is 2.87. The molecule has 0 aliphatic carbocycles. The van der Waals surface area contributed by atoms with Crippen molar-refractivity contribution in [1.82, 2.24) is 14.1 Å². The van der Waals surface area contributed by atoms with E-state index in [1.54, 1.807) is 12.1 Å². The van der Waals surface area contributed by atoms with Crippen LogP contribution in [0.2, 0.25) is 0 Å². The molecule has 1 aliphatic rings. The van der Waals surface area contributed by atoms with Crippen LogP contribution in [0.25, 0.3) is 0 Å². The second-order valence-corrected chi connectivity index (χ2v) is 9.99. The van der Waals surface area contributed by atoms with Gasteiger partial charge in [-0.05, 0) is 56.6 Å². The first kappa shape index (κ1) is 21.0. The summed E-state index contributed by atoms with van der Waals surface area (Å²) in [5.74, 6) is 1.41. The zero-order valence-corrected chi connectivity index (χ0v) is 17.9. The van der Waals surface area contributed by atoms with Gasteiger partial charge in [-0.25, -0.2) is 12.7 Å². The first-order valence-corrected chi connectivity index (χ1v) is 11.2. The van der Waals surface area contributed by atoms with Gasteiger partial charge in [0, 0.05) is 27.2 Å². The normalized spacial score (nSPS) is 16.9. The molecule has 0 spiro atoms. The molecular weight excluding hydrogens is 374 g/mol.